The Kier molecular flexibility index (Phi) is 3.96. The van der Waals surface area contributed by atoms with E-state index in [1.54, 1.807) is 0 Å². The lowest BCUT2D eigenvalue weighted by Gasteiger charge is -1.98. The van der Waals surface area contributed by atoms with Crippen LogP contribution in [0.4, 0.5) is 0 Å². The van der Waals surface area contributed by atoms with E-state index in [9.17, 15) is 4.79 Å². The minimum atomic E-state index is -0.883. The Labute approximate surface area is 56.2 Å². The third-order valence-electron chi connectivity index (χ3n) is 0.584. The van der Waals surface area contributed by atoms with Gasteiger partial charge < -0.3 is 14.5 Å². The first kappa shape index (κ1) is 8.69. The Morgan fingerprint density at radius 3 is 1.90 bits per heavy atom. The molecular weight excluding hydrogens is 142 g/mol. The zero-order valence-electron chi connectivity index (χ0n) is 4.94. The number of rotatable bonds is 3. The molecule has 0 atom stereocenters. The second kappa shape index (κ2) is 4.56. The molecule has 0 aromatic heterocycles. The highest BCUT2D eigenvalue weighted by atomic mass is 16.8. The van der Waals surface area contributed by atoms with Gasteiger partial charge in [-0.2, -0.15) is 17.7 Å². The lowest BCUT2D eigenvalue weighted by Crippen LogP contribution is -2.13. The van der Waals surface area contributed by atoms with Gasteiger partial charge in [0.05, 0.1) is 0 Å². The Hall–Kier alpha value is -1.31. The molecule has 7 nitrogen and oxygen atoms in total. The fraction of sp³-hybridized carbons (Fsp3) is 0. The van der Waals surface area contributed by atoms with Gasteiger partial charge in [0.25, 0.3) is 0 Å². The van der Waals surface area contributed by atoms with Crippen molar-refractivity contribution in [3.05, 3.63) is 12.0 Å². The van der Waals surface area contributed by atoms with Crippen LogP contribution in [-0.2, 0) is 19.3 Å². The zero-order valence-corrected chi connectivity index (χ0v) is 4.94. The topological polar surface area (TPSA) is 123 Å². The Bertz CT molecular complexity index is 139. The molecule has 0 rings (SSSR count). The van der Waals surface area contributed by atoms with Gasteiger partial charge in [-0.05, 0) is 0 Å². The lowest BCUT2D eigenvalue weighted by atomic mass is 10.6. The van der Waals surface area contributed by atoms with Crippen LogP contribution in [0.5, 0.6) is 0 Å². The van der Waals surface area contributed by atoms with E-state index in [0.717, 1.165) is 6.08 Å². The van der Waals surface area contributed by atoms with E-state index in [-0.39, 0.29) is 0 Å². The van der Waals surface area contributed by atoms with Crippen molar-refractivity contribution in [2.45, 2.75) is 0 Å². The van der Waals surface area contributed by atoms with Crippen LogP contribution >= 0.6 is 0 Å². The van der Waals surface area contributed by atoms with Crippen LogP contribution in [0.25, 0.3) is 0 Å². The predicted octanol–water partition coefficient (Wildman–Crippen LogP) is -1.97. The van der Waals surface area contributed by atoms with E-state index in [1.165, 1.54) is 0 Å². The largest absolute Gasteiger partial charge is 0.372 e. The Morgan fingerprint density at radius 1 is 1.10 bits per heavy atom. The van der Waals surface area contributed by atoms with Crippen LogP contribution in [0, 0.1) is 0 Å². The maximum absolute atomic E-state index is 10.2. The van der Waals surface area contributed by atoms with E-state index < -0.39 is 11.9 Å². The highest BCUT2D eigenvalue weighted by Crippen LogP contribution is 1.90. The maximum atomic E-state index is 10.2. The van der Waals surface area contributed by atoms with Gasteiger partial charge in [-0.25, -0.2) is 4.79 Å². The van der Waals surface area contributed by atoms with Gasteiger partial charge in [-0.1, -0.05) is 0 Å². The molecule has 0 saturated heterocycles. The highest BCUT2D eigenvalue weighted by Gasteiger charge is 2.01. The molecule has 0 amide bonds. The molecule has 10 heavy (non-hydrogen) atoms. The van der Waals surface area contributed by atoms with Crippen LogP contribution in [0.1, 0.15) is 0 Å². The van der Waals surface area contributed by atoms with Crippen LogP contribution in [0.2, 0.25) is 0 Å². The van der Waals surface area contributed by atoms with Crippen molar-refractivity contribution in [2.24, 2.45) is 17.7 Å². The first-order chi connectivity index (χ1) is 4.74. The average Bonchev–Trinajstić information content (AvgIpc) is 1.99. The summed E-state index contributed by atoms with van der Waals surface area (Å²) in [6.07, 6.45) is 0.736. The molecule has 0 radical (unpaired) electrons. The van der Waals surface area contributed by atoms with E-state index in [0.29, 0.717) is 0 Å². The number of carbonyl (C=O) groups is 1. The standard InChI is InChI=1S/C3H7N3O4/c4-8-2(7)1-3(9-5)10-6/h1H,4-6H2. The SMILES string of the molecule is NOC(=O)C=C(ON)ON. The van der Waals surface area contributed by atoms with Crippen LogP contribution in [-0.4, -0.2) is 5.97 Å². The minimum Gasteiger partial charge on any atom is -0.372 e. The van der Waals surface area contributed by atoms with E-state index >= 15 is 0 Å². The number of hydrogen-bond donors (Lipinski definition) is 3. The molecule has 0 bridgehead atoms. The average molecular weight is 149 g/mol. The summed E-state index contributed by atoms with van der Waals surface area (Å²) in [5, 5.41) is 0. The minimum absolute atomic E-state index is 0.393. The number of nitrogens with two attached hydrogens (primary N) is 3. The van der Waals surface area contributed by atoms with Crippen molar-refractivity contribution in [3.8, 4) is 0 Å². The molecule has 58 valence electrons. The maximum Gasteiger partial charge on any atom is 0.356 e. The normalized spacial score (nSPS) is 7.90. The molecular formula is C3H7N3O4. The van der Waals surface area contributed by atoms with Crippen molar-refractivity contribution in [2.75, 3.05) is 0 Å². The van der Waals surface area contributed by atoms with Crippen molar-refractivity contribution in [3.63, 3.8) is 0 Å². The highest BCUT2D eigenvalue weighted by molar-refractivity contribution is 5.81. The van der Waals surface area contributed by atoms with Crippen molar-refractivity contribution in [1.29, 1.82) is 0 Å². The summed E-state index contributed by atoms with van der Waals surface area (Å²) in [7, 11) is 0. The van der Waals surface area contributed by atoms with Gasteiger partial charge in [-0.15, -0.1) is 0 Å². The summed E-state index contributed by atoms with van der Waals surface area (Å²) in [6, 6.07) is 0. The smallest absolute Gasteiger partial charge is 0.356 e. The third-order valence-corrected chi connectivity index (χ3v) is 0.584. The van der Waals surface area contributed by atoms with Gasteiger partial charge in [-0.3, -0.25) is 0 Å². The number of carbonyl (C=O) groups excluding carboxylic acids is 1. The molecule has 0 aliphatic heterocycles. The molecule has 0 heterocycles. The van der Waals surface area contributed by atoms with Crippen LogP contribution < -0.4 is 17.7 Å². The summed E-state index contributed by atoms with van der Waals surface area (Å²) in [5.41, 5.74) is 0. The van der Waals surface area contributed by atoms with Gasteiger partial charge in [0.15, 0.2) is 0 Å². The summed E-state index contributed by atoms with van der Waals surface area (Å²) in [5.74, 6) is 12.3. The molecule has 0 fully saturated rings. The fourth-order valence-corrected chi connectivity index (χ4v) is 0.226. The summed E-state index contributed by atoms with van der Waals surface area (Å²) in [4.78, 5) is 21.8. The molecule has 0 aromatic rings. The summed E-state index contributed by atoms with van der Waals surface area (Å²) < 4.78 is 0. The van der Waals surface area contributed by atoms with Gasteiger partial charge in [0, 0.05) is 0 Å². The molecule has 7 heteroatoms. The van der Waals surface area contributed by atoms with Crippen molar-refractivity contribution >= 4 is 5.97 Å². The zero-order chi connectivity index (χ0) is 7.98. The lowest BCUT2D eigenvalue weighted by molar-refractivity contribution is -0.139. The van der Waals surface area contributed by atoms with Crippen LogP contribution in [0.15, 0.2) is 12.0 Å². The monoisotopic (exact) mass is 149 g/mol. The van der Waals surface area contributed by atoms with Crippen molar-refractivity contribution in [1.82, 2.24) is 0 Å². The fourth-order valence-electron chi connectivity index (χ4n) is 0.226. The van der Waals surface area contributed by atoms with E-state index in [1.807, 2.05) is 0 Å². The summed E-state index contributed by atoms with van der Waals surface area (Å²) >= 11 is 0. The van der Waals surface area contributed by atoms with Crippen molar-refractivity contribution < 1.29 is 19.3 Å². The third kappa shape index (κ3) is 2.87. The predicted molar refractivity (Wildman–Crippen MR) is 28.9 cm³/mol. The molecule has 0 saturated carbocycles. The van der Waals surface area contributed by atoms with Gasteiger partial charge in [0.2, 0.25) is 0 Å². The molecule has 0 aliphatic rings. The first-order valence-corrected chi connectivity index (χ1v) is 2.10. The van der Waals surface area contributed by atoms with Gasteiger partial charge >= 0.3 is 11.9 Å². The van der Waals surface area contributed by atoms with E-state index in [2.05, 4.69) is 32.2 Å². The second-order valence-corrected chi connectivity index (χ2v) is 1.14. The van der Waals surface area contributed by atoms with E-state index in [4.69, 9.17) is 0 Å². The van der Waals surface area contributed by atoms with Crippen LogP contribution in [0.3, 0.4) is 0 Å². The Morgan fingerprint density at radius 2 is 1.60 bits per heavy atom. The molecule has 6 N–H and O–H groups in total. The molecule has 0 aliphatic carbocycles. The number of hydrogen-bond acceptors (Lipinski definition) is 7. The second-order valence-electron chi connectivity index (χ2n) is 1.14. The van der Waals surface area contributed by atoms with Gasteiger partial charge in [0.1, 0.15) is 6.08 Å². The molecule has 0 aromatic carbocycles. The quantitative estimate of drug-likeness (QED) is 0.241. The molecule has 0 unspecified atom stereocenters. The Balaban J connectivity index is 3.96. The first-order valence-electron chi connectivity index (χ1n) is 2.10. The molecule has 0 spiro atoms. The summed E-state index contributed by atoms with van der Waals surface area (Å²) in [6.45, 7) is 0.